The molecule has 0 unspecified atom stereocenters. The van der Waals surface area contributed by atoms with Crippen LogP contribution in [0.4, 0.5) is 5.69 Å². The van der Waals surface area contributed by atoms with E-state index in [1.165, 1.54) is 0 Å². The zero-order valence-electron chi connectivity index (χ0n) is 24.9. The average molecular weight is 604 g/mol. The van der Waals surface area contributed by atoms with Crippen molar-refractivity contribution in [1.82, 2.24) is 20.5 Å². The van der Waals surface area contributed by atoms with Crippen molar-refractivity contribution in [2.45, 2.75) is 70.4 Å². The van der Waals surface area contributed by atoms with Crippen molar-refractivity contribution in [2.75, 3.05) is 25.0 Å². The van der Waals surface area contributed by atoms with Gasteiger partial charge in [0.1, 0.15) is 6.04 Å². The zero-order chi connectivity index (χ0) is 30.4. The summed E-state index contributed by atoms with van der Waals surface area (Å²) < 4.78 is 0. The highest BCUT2D eigenvalue weighted by atomic mass is 35.5. The van der Waals surface area contributed by atoms with Gasteiger partial charge < -0.3 is 20.9 Å². The van der Waals surface area contributed by atoms with Crippen molar-refractivity contribution in [3.63, 3.8) is 0 Å². The van der Waals surface area contributed by atoms with Crippen molar-refractivity contribution < 1.29 is 14.4 Å². The molecule has 3 N–H and O–H groups in total. The van der Waals surface area contributed by atoms with Crippen LogP contribution in [0.1, 0.15) is 63.9 Å². The Morgan fingerprint density at radius 1 is 0.930 bits per heavy atom. The third-order valence-electron chi connectivity index (χ3n) is 7.69. The molecule has 0 radical (unpaired) electrons. The van der Waals surface area contributed by atoms with E-state index < -0.39 is 17.9 Å². The number of hydrogen-bond acceptors (Lipinski definition) is 5. The number of amides is 3. The number of likely N-dealkylation sites (tertiary alicyclic amines) is 1. The van der Waals surface area contributed by atoms with Crippen LogP contribution in [-0.4, -0.2) is 59.3 Å². The predicted octanol–water partition coefficient (Wildman–Crippen LogP) is 5.97. The summed E-state index contributed by atoms with van der Waals surface area (Å²) in [6, 6.07) is 16.5. The Kier molecular flexibility index (Phi) is 12.4. The molecule has 2 aromatic carbocycles. The fraction of sp³-hybridized carbons (Fsp3) is 0.412. The summed E-state index contributed by atoms with van der Waals surface area (Å²) in [4.78, 5) is 44.1. The van der Waals surface area contributed by atoms with E-state index in [1.54, 1.807) is 11.1 Å². The molecule has 0 aliphatic carbocycles. The fourth-order valence-electron chi connectivity index (χ4n) is 5.26. The van der Waals surface area contributed by atoms with Gasteiger partial charge in [-0.05, 0) is 49.1 Å². The minimum absolute atomic E-state index is 0.141. The lowest BCUT2D eigenvalue weighted by atomic mass is 9.93. The lowest BCUT2D eigenvalue weighted by Gasteiger charge is -2.46. The summed E-state index contributed by atoms with van der Waals surface area (Å²) in [6.07, 6.45) is 13.6. The standard InChI is InChI=1S/C34H42ClN5O3/c1-2-3-4-12-23-40-30(18-15-25-13-8-7-9-14-25)31(34(40)43)39-33(42)32(41)38-21-11-6-5-10-20-36-28-19-22-37-29-24-26(35)16-17-27(28)29/h7-9,13-19,22,24,30-31H,2-6,10-12,20-21,23H2,1H3,(H,36,37)(H,38,41)(H,39,42)/b18-15+/t30-,31+/m1/s1. The smallest absolute Gasteiger partial charge is 0.310 e. The minimum atomic E-state index is -0.767. The molecule has 1 aromatic heterocycles. The maximum Gasteiger partial charge on any atom is 0.310 e. The molecular weight excluding hydrogens is 562 g/mol. The van der Waals surface area contributed by atoms with Crippen molar-refractivity contribution in [3.8, 4) is 0 Å². The molecule has 43 heavy (non-hydrogen) atoms. The van der Waals surface area contributed by atoms with Crippen LogP contribution in [0.5, 0.6) is 0 Å². The second-order valence-electron chi connectivity index (χ2n) is 10.9. The van der Waals surface area contributed by atoms with Gasteiger partial charge in [-0.1, -0.05) is 93.1 Å². The summed E-state index contributed by atoms with van der Waals surface area (Å²) in [5.41, 5.74) is 2.91. The van der Waals surface area contributed by atoms with E-state index in [9.17, 15) is 14.4 Å². The molecule has 2 heterocycles. The second-order valence-corrected chi connectivity index (χ2v) is 11.4. The van der Waals surface area contributed by atoms with Gasteiger partial charge in [-0.3, -0.25) is 19.4 Å². The van der Waals surface area contributed by atoms with Gasteiger partial charge in [-0.25, -0.2) is 0 Å². The summed E-state index contributed by atoms with van der Waals surface area (Å²) in [7, 11) is 0. The Hall–Kier alpha value is -3.91. The zero-order valence-corrected chi connectivity index (χ0v) is 25.6. The molecule has 3 amide bonds. The number of rotatable bonds is 16. The number of carbonyl (C=O) groups excluding carboxylic acids is 3. The molecule has 0 saturated carbocycles. The first-order chi connectivity index (χ1) is 21.0. The fourth-order valence-corrected chi connectivity index (χ4v) is 5.43. The number of aromatic nitrogens is 1. The highest BCUT2D eigenvalue weighted by molar-refractivity contribution is 6.35. The number of nitrogens with one attached hydrogen (secondary N) is 3. The van der Waals surface area contributed by atoms with Crippen LogP contribution in [0.15, 0.2) is 66.9 Å². The maximum absolute atomic E-state index is 12.9. The van der Waals surface area contributed by atoms with E-state index in [2.05, 4.69) is 27.9 Å². The van der Waals surface area contributed by atoms with Crippen LogP contribution < -0.4 is 16.0 Å². The van der Waals surface area contributed by atoms with E-state index >= 15 is 0 Å². The Bertz CT molecular complexity index is 1400. The topological polar surface area (TPSA) is 103 Å². The molecule has 2 atom stereocenters. The van der Waals surface area contributed by atoms with Crippen LogP contribution in [0.2, 0.25) is 5.02 Å². The van der Waals surface area contributed by atoms with Gasteiger partial charge in [0.05, 0.1) is 11.6 Å². The molecule has 9 heteroatoms. The molecule has 4 rings (SSSR count). The van der Waals surface area contributed by atoms with E-state index in [-0.39, 0.29) is 11.9 Å². The molecule has 1 aliphatic heterocycles. The quantitative estimate of drug-likeness (QED) is 0.106. The van der Waals surface area contributed by atoms with Gasteiger partial charge in [0.25, 0.3) is 0 Å². The molecule has 1 saturated heterocycles. The summed E-state index contributed by atoms with van der Waals surface area (Å²) in [5, 5.41) is 10.5. The molecular formula is C34H42ClN5O3. The highest BCUT2D eigenvalue weighted by Crippen LogP contribution is 2.25. The van der Waals surface area contributed by atoms with E-state index in [0.717, 1.165) is 80.1 Å². The Balaban J connectivity index is 1.15. The Morgan fingerprint density at radius 3 is 2.49 bits per heavy atom. The first-order valence-electron chi connectivity index (χ1n) is 15.4. The lowest BCUT2D eigenvalue weighted by Crippen LogP contribution is -2.70. The first kappa shape index (κ1) is 32.0. The van der Waals surface area contributed by atoms with Gasteiger partial charge in [-0.15, -0.1) is 0 Å². The van der Waals surface area contributed by atoms with Crippen LogP contribution in [0.25, 0.3) is 17.0 Å². The third kappa shape index (κ3) is 9.29. The largest absolute Gasteiger partial charge is 0.384 e. The summed E-state index contributed by atoms with van der Waals surface area (Å²) >= 11 is 6.07. The van der Waals surface area contributed by atoms with Gasteiger partial charge in [-0.2, -0.15) is 0 Å². The molecule has 228 valence electrons. The Labute approximate surface area is 259 Å². The van der Waals surface area contributed by atoms with Crippen LogP contribution in [0.3, 0.4) is 0 Å². The average Bonchev–Trinajstić information content (AvgIpc) is 3.02. The number of fused-ring (bicyclic) bond motifs is 1. The number of hydrogen-bond donors (Lipinski definition) is 3. The third-order valence-corrected chi connectivity index (χ3v) is 7.93. The highest BCUT2D eigenvalue weighted by Gasteiger charge is 2.46. The van der Waals surface area contributed by atoms with Gasteiger partial charge in [0, 0.05) is 41.9 Å². The summed E-state index contributed by atoms with van der Waals surface area (Å²) in [6.45, 7) is 4.03. The van der Waals surface area contributed by atoms with Crippen LogP contribution in [-0.2, 0) is 14.4 Å². The monoisotopic (exact) mass is 603 g/mol. The van der Waals surface area contributed by atoms with E-state index in [0.29, 0.717) is 18.1 Å². The Morgan fingerprint density at radius 2 is 1.70 bits per heavy atom. The van der Waals surface area contributed by atoms with Crippen molar-refractivity contribution in [2.24, 2.45) is 0 Å². The number of pyridine rings is 1. The molecule has 8 nitrogen and oxygen atoms in total. The number of benzene rings is 2. The number of β-lactam (4-membered cyclic amide) rings is 1. The van der Waals surface area contributed by atoms with E-state index in [1.807, 2.05) is 66.7 Å². The number of halogens is 1. The second kappa shape index (κ2) is 16.7. The van der Waals surface area contributed by atoms with Gasteiger partial charge in [0.2, 0.25) is 5.91 Å². The van der Waals surface area contributed by atoms with Gasteiger partial charge in [0.15, 0.2) is 0 Å². The molecule has 0 spiro atoms. The molecule has 1 fully saturated rings. The molecule has 1 aliphatic rings. The SMILES string of the molecule is CCCCCCN1C(=O)[C@@H](NC(=O)C(=O)NCCCCCCNc2ccnc3cc(Cl)ccc23)[C@H]1/C=C/c1ccccc1. The number of anilines is 1. The van der Waals surface area contributed by atoms with Crippen molar-refractivity contribution in [3.05, 3.63) is 77.5 Å². The molecule has 0 bridgehead atoms. The molecule has 3 aromatic rings. The number of unbranched alkanes of at least 4 members (excludes halogenated alkanes) is 6. The first-order valence-corrected chi connectivity index (χ1v) is 15.8. The lowest BCUT2D eigenvalue weighted by molar-refractivity contribution is -0.152. The minimum Gasteiger partial charge on any atom is -0.384 e. The van der Waals surface area contributed by atoms with Crippen LogP contribution in [0, 0.1) is 0 Å². The summed E-state index contributed by atoms with van der Waals surface area (Å²) in [5.74, 6) is -1.61. The van der Waals surface area contributed by atoms with Crippen molar-refractivity contribution >= 4 is 52.0 Å². The number of carbonyl (C=O) groups is 3. The van der Waals surface area contributed by atoms with Crippen LogP contribution >= 0.6 is 11.6 Å². The maximum atomic E-state index is 12.9. The predicted molar refractivity (Wildman–Crippen MR) is 174 cm³/mol. The number of nitrogens with zero attached hydrogens (tertiary/aromatic N) is 2. The normalized spacial score (nSPS) is 16.3. The van der Waals surface area contributed by atoms with E-state index in [4.69, 9.17) is 11.6 Å². The van der Waals surface area contributed by atoms with Gasteiger partial charge >= 0.3 is 11.8 Å². The van der Waals surface area contributed by atoms with Crippen molar-refractivity contribution in [1.29, 1.82) is 0 Å².